The van der Waals surface area contributed by atoms with Gasteiger partial charge in [-0.2, -0.15) is 0 Å². The fourth-order valence-corrected chi connectivity index (χ4v) is 4.13. The zero-order chi connectivity index (χ0) is 22.7. The van der Waals surface area contributed by atoms with Crippen molar-refractivity contribution in [3.63, 3.8) is 0 Å². The van der Waals surface area contributed by atoms with Crippen LogP contribution in [-0.4, -0.2) is 70.2 Å². The van der Waals surface area contributed by atoms with Crippen molar-refractivity contribution < 1.29 is 14.4 Å². The molecule has 2 aliphatic rings. The standard InChI is InChI=1S/C23H28N6O3/c1-3-4-8-18-23(32)27(2)10-11-28(18)22(31)16-12-19-21(25-13-16)26-14-20(30)29(19)15-17-7-5-6-9-24-17/h5-7,9,12-13,18H,3-4,8,10-11,14-15H2,1-2H3,(H,25,26). The molecule has 0 aromatic carbocycles. The van der Waals surface area contributed by atoms with Crippen LogP contribution in [0.25, 0.3) is 0 Å². The lowest BCUT2D eigenvalue weighted by atomic mass is 10.0. The molecular formula is C23H28N6O3. The van der Waals surface area contributed by atoms with Gasteiger partial charge in [0.2, 0.25) is 11.8 Å². The maximum absolute atomic E-state index is 13.4. The van der Waals surface area contributed by atoms with E-state index in [1.165, 1.54) is 6.20 Å². The first-order chi connectivity index (χ1) is 15.5. The summed E-state index contributed by atoms with van der Waals surface area (Å²) in [5.41, 5.74) is 1.66. The van der Waals surface area contributed by atoms with Crippen molar-refractivity contribution in [2.75, 3.05) is 36.9 Å². The predicted molar refractivity (Wildman–Crippen MR) is 120 cm³/mol. The predicted octanol–water partition coefficient (Wildman–Crippen LogP) is 1.91. The van der Waals surface area contributed by atoms with E-state index in [0.29, 0.717) is 43.1 Å². The molecule has 4 rings (SSSR count). The maximum atomic E-state index is 13.4. The number of anilines is 2. The molecule has 2 aromatic heterocycles. The molecule has 9 heteroatoms. The van der Waals surface area contributed by atoms with E-state index in [2.05, 4.69) is 22.2 Å². The number of nitrogens with zero attached hydrogens (tertiary/aromatic N) is 5. The van der Waals surface area contributed by atoms with Crippen molar-refractivity contribution in [2.45, 2.75) is 38.8 Å². The minimum absolute atomic E-state index is 0.0300. The summed E-state index contributed by atoms with van der Waals surface area (Å²) in [5, 5.41) is 3.01. The zero-order valence-electron chi connectivity index (χ0n) is 18.5. The Morgan fingerprint density at radius 2 is 2.06 bits per heavy atom. The molecular weight excluding hydrogens is 408 g/mol. The first kappa shape index (κ1) is 21.7. The molecule has 168 valence electrons. The molecule has 2 aliphatic heterocycles. The van der Waals surface area contributed by atoms with Gasteiger partial charge in [0.05, 0.1) is 30.0 Å². The van der Waals surface area contributed by atoms with Crippen LogP contribution in [0.5, 0.6) is 0 Å². The molecule has 0 saturated carbocycles. The van der Waals surface area contributed by atoms with Gasteiger partial charge in [-0.15, -0.1) is 0 Å². The number of likely N-dealkylation sites (N-methyl/N-ethyl adjacent to an activating group) is 1. The molecule has 4 heterocycles. The maximum Gasteiger partial charge on any atom is 0.256 e. The van der Waals surface area contributed by atoms with E-state index in [9.17, 15) is 14.4 Å². The third kappa shape index (κ3) is 4.28. The molecule has 32 heavy (non-hydrogen) atoms. The molecule has 1 unspecified atom stereocenters. The lowest BCUT2D eigenvalue weighted by molar-refractivity contribution is -0.138. The highest BCUT2D eigenvalue weighted by molar-refractivity contribution is 6.04. The van der Waals surface area contributed by atoms with Crippen LogP contribution in [0.2, 0.25) is 0 Å². The van der Waals surface area contributed by atoms with E-state index in [-0.39, 0.29) is 24.3 Å². The number of carbonyl (C=O) groups is 3. The molecule has 0 bridgehead atoms. The van der Waals surface area contributed by atoms with E-state index in [1.807, 2.05) is 18.2 Å². The lowest BCUT2D eigenvalue weighted by Crippen LogP contribution is -2.57. The Kier molecular flexibility index (Phi) is 6.34. The number of aromatic nitrogens is 2. The lowest BCUT2D eigenvalue weighted by Gasteiger charge is -2.39. The van der Waals surface area contributed by atoms with Gasteiger partial charge in [0, 0.05) is 32.5 Å². The fourth-order valence-electron chi connectivity index (χ4n) is 4.13. The molecule has 1 atom stereocenters. The first-order valence-electron chi connectivity index (χ1n) is 11.0. The average molecular weight is 437 g/mol. The zero-order valence-corrected chi connectivity index (χ0v) is 18.5. The highest BCUT2D eigenvalue weighted by Crippen LogP contribution is 2.30. The van der Waals surface area contributed by atoms with Crippen molar-refractivity contribution >= 4 is 29.2 Å². The normalized spacial score (nSPS) is 18.4. The minimum Gasteiger partial charge on any atom is -0.359 e. The number of pyridine rings is 2. The van der Waals surface area contributed by atoms with Crippen LogP contribution in [0, 0.1) is 0 Å². The Hall–Kier alpha value is -3.49. The number of carbonyl (C=O) groups excluding carboxylic acids is 3. The molecule has 1 fully saturated rings. The minimum atomic E-state index is -0.471. The van der Waals surface area contributed by atoms with Gasteiger partial charge in [-0.05, 0) is 24.6 Å². The Morgan fingerprint density at radius 1 is 1.22 bits per heavy atom. The van der Waals surface area contributed by atoms with Crippen molar-refractivity contribution in [1.82, 2.24) is 19.8 Å². The molecule has 0 spiro atoms. The van der Waals surface area contributed by atoms with Crippen LogP contribution in [0.3, 0.4) is 0 Å². The second kappa shape index (κ2) is 9.33. The summed E-state index contributed by atoms with van der Waals surface area (Å²) >= 11 is 0. The summed E-state index contributed by atoms with van der Waals surface area (Å²) in [5.74, 6) is 0.162. The highest BCUT2D eigenvalue weighted by Gasteiger charge is 2.36. The molecule has 0 radical (unpaired) electrons. The van der Waals surface area contributed by atoms with E-state index in [4.69, 9.17) is 0 Å². The Bertz CT molecular complexity index is 1010. The van der Waals surface area contributed by atoms with Crippen LogP contribution >= 0.6 is 0 Å². The van der Waals surface area contributed by atoms with E-state index in [1.54, 1.807) is 34.0 Å². The smallest absolute Gasteiger partial charge is 0.256 e. The molecule has 1 saturated heterocycles. The first-order valence-corrected chi connectivity index (χ1v) is 11.0. The number of unbranched alkanes of at least 4 members (excludes halogenated alkanes) is 1. The quantitative estimate of drug-likeness (QED) is 0.743. The number of rotatable bonds is 6. The van der Waals surface area contributed by atoms with Gasteiger partial charge in [0.1, 0.15) is 6.04 Å². The number of amides is 3. The molecule has 3 amide bonds. The SMILES string of the molecule is CCCCC1C(=O)N(C)CCN1C(=O)c1cnc2c(c1)N(Cc1ccccn1)C(=O)CN2. The topological polar surface area (TPSA) is 98.7 Å². The van der Waals surface area contributed by atoms with Crippen molar-refractivity contribution in [2.24, 2.45) is 0 Å². The summed E-state index contributed by atoms with van der Waals surface area (Å²) in [7, 11) is 1.77. The number of hydrogen-bond acceptors (Lipinski definition) is 6. The number of nitrogens with one attached hydrogen (secondary N) is 1. The van der Waals surface area contributed by atoms with E-state index in [0.717, 1.165) is 18.5 Å². The van der Waals surface area contributed by atoms with Crippen LogP contribution in [0.1, 0.15) is 42.2 Å². The fraction of sp³-hybridized carbons (Fsp3) is 0.435. The van der Waals surface area contributed by atoms with Gasteiger partial charge in [-0.1, -0.05) is 25.8 Å². The van der Waals surface area contributed by atoms with Crippen molar-refractivity contribution in [1.29, 1.82) is 0 Å². The Balaban J connectivity index is 1.62. The van der Waals surface area contributed by atoms with Crippen molar-refractivity contribution in [3.05, 3.63) is 47.9 Å². The number of piperazine rings is 1. The van der Waals surface area contributed by atoms with Gasteiger partial charge in [-0.3, -0.25) is 19.4 Å². The van der Waals surface area contributed by atoms with Gasteiger partial charge in [0.15, 0.2) is 5.82 Å². The van der Waals surface area contributed by atoms with Crippen LogP contribution < -0.4 is 10.2 Å². The van der Waals surface area contributed by atoms with Gasteiger partial charge in [-0.25, -0.2) is 4.98 Å². The van der Waals surface area contributed by atoms with Gasteiger partial charge in [0.25, 0.3) is 5.91 Å². The molecule has 0 aliphatic carbocycles. The summed E-state index contributed by atoms with van der Waals surface area (Å²) in [6, 6.07) is 6.76. The van der Waals surface area contributed by atoms with Crippen molar-refractivity contribution in [3.8, 4) is 0 Å². The van der Waals surface area contributed by atoms with E-state index < -0.39 is 6.04 Å². The van der Waals surface area contributed by atoms with Crippen LogP contribution in [0.4, 0.5) is 11.5 Å². The van der Waals surface area contributed by atoms with E-state index >= 15 is 0 Å². The number of fused-ring (bicyclic) bond motifs is 1. The second-order valence-corrected chi connectivity index (χ2v) is 8.16. The summed E-state index contributed by atoms with van der Waals surface area (Å²) in [4.78, 5) is 52.5. The molecule has 9 nitrogen and oxygen atoms in total. The summed E-state index contributed by atoms with van der Waals surface area (Å²) in [6.45, 7) is 3.46. The third-order valence-electron chi connectivity index (χ3n) is 5.97. The highest BCUT2D eigenvalue weighted by atomic mass is 16.2. The second-order valence-electron chi connectivity index (χ2n) is 8.16. The monoisotopic (exact) mass is 436 g/mol. The Morgan fingerprint density at radius 3 is 2.81 bits per heavy atom. The van der Waals surface area contributed by atoms with Crippen LogP contribution in [0.15, 0.2) is 36.7 Å². The summed E-state index contributed by atoms with van der Waals surface area (Å²) < 4.78 is 0. The molecule has 1 N–H and O–H groups in total. The Labute approximate surface area is 187 Å². The molecule has 2 aromatic rings. The largest absolute Gasteiger partial charge is 0.359 e. The third-order valence-corrected chi connectivity index (χ3v) is 5.97. The number of hydrogen-bond donors (Lipinski definition) is 1. The van der Waals surface area contributed by atoms with Gasteiger partial charge < -0.3 is 20.0 Å². The average Bonchev–Trinajstić information content (AvgIpc) is 2.82. The van der Waals surface area contributed by atoms with Gasteiger partial charge >= 0.3 is 0 Å². The summed E-state index contributed by atoms with van der Waals surface area (Å²) in [6.07, 6.45) is 5.65. The van der Waals surface area contributed by atoms with Crippen LogP contribution in [-0.2, 0) is 16.1 Å².